The highest BCUT2D eigenvalue weighted by Crippen LogP contribution is 1.87. The highest BCUT2D eigenvalue weighted by molar-refractivity contribution is 7.81. The van der Waals surface area contributed by atoms with Gasteiger partial charge in [-0.15, -0.1) is 0 Å². The van der Waals surface area contributed by atoms with Crippen LogP contribution in [0.3, 0.4) is 0 Å². The predicted molar refractivity (Wildman–Crippen MR) is 48.6 cm³/mol. The number of carbonyl (C=O) groups is 2. The summed E-state index contributed by atoms with van der Waals surface area (Å²) in [5.41, 5.74) is 0.389. The van der Waals surface area contributed by atoms with E-state index < -0.39 is 11.9 Å². The molecule has 12 heavy (non-hydrogen) atoms. The summed E-state index contributed by atoms with van der Waals surface area (Å²) in [4.78, 5) is 19.2. The van der Waals surface area contributed by atoms with Crippen molar-refractivity contribution in [1.29, 1.82) is 0 Å². The maximum atomic E-state index is 9.86. The zero-order chi connectivity index (χ0) is 10.1. The van der Waals surface area contributed by atoms with Crippen LogP contribution in [-0.4, -0.2) is 27.9 Å². The van der Waals surface area contributed by atoms with Gasteiger partial charge in [0.1, 0.15) is 0 Å². The monoisotopic (exact) mass is 192 g/mol. The van der Waals surface area contributed by atoms with E-state index >= 15 is 0 Å². The van der Waals surface area contributed by atoms with Gasteiger partial charge in [-0.1, -0.05) is 6.08 Å². The van der Waals surface area contributed by atoms with Gasteiger partial charge in [0.25, 0.3) is 0 Å². The number of rotatable bonds is 2. The Kier molecular flexibility index (Phi) is 9.22. The lowest BCUT2D eigenvalue weighted by Gasteiger charge is -1.84. The van der Waals surface area contributed by atoms with E-state index in [1.165, 1.54) is 0 Å². The third-order valence-corrected chi connectivity index (χ3v) is 1.18. The molecule has 5 heteroatoms. The van der Waals surface area contributed by atoms with Crippen LogP contribution in [0.15, 0.2) is 11.6 Å². The number of allylic oxidation sites excluding steroid dienone is 1. The summed E-state index contributed by atoms with van der Waals surface area (Å²) in [5.74, 6) is -1.81. The molecule has 0 bridgehead atoms. The first-order valence-electron chi connectivity index (χ1n) is 3.14. The van der Waals surface area contributed by atoms with E-state index in [0.29, 0.717) is 5.57 Å². The van der Waals surface area contributed by atoms with Gasteiger partial charge in [0.05, 0.1) is 5.75 Å². The average Bonchev–Trinajstić information content (AvgIpc) is 2.04. The van der Waals surface area contributed by atoms with Crippen molar-refractivity contribution in [3.63, 3.8) is 0 Å². The van der Waals surface area contributed by atoms with Gasteiger partial charge in [0.2, 0.25) is 0 Å². The van der Waals surface area contributed by atoms with Crippen LogP contribution in [0.25, 0.3) is 0 Å². The largest absolute Gasteiger partial charge is 0.481 e. The summed E-state index contributed by atoms with van der Waals surface area (Å²) in [5, 5.41) is 15.8. The summed E-state index contributed by atoms with van der Waals surface area (Å²) in [6.07, 6.45) is 1.56. The Morgan fingerprint density at radius 3 is 1.75 bits per heavy atom. The van der Waals surface area contributed by atoms with Gasteiger partial charge in [-0.05, 0) is 13.8 Å². The molecule has 0 fully saturated rings. The lowest BCUT2D eigenvalue weighted by atomic mass is 10.3. The number of thiol groups is 1. The summed E-state index contributed by atoms with van der Waals surface area (Å²) >= 11 is 3.42. The average molecular weight is 192 g/mol. The molecular formula is C7H12O4S. The van der Waals surface area contributed by atoms with Crippen LogP contribution in [0.4, 0.5) is 0 Å². The van der Waals surface area contributed by atoms with Gasteiger partial charge >= 0.3 is 11.9 Å². The highest BCUT2D eigenvalue weighted by Gasteiger charge is 1.93. The molecule has 0 unspecified atom stereocenters. The van der Waals surface area contributed by atoms with Crippen LogP contribution >= 0.6 is 12.6 Å². The molecule has 0 amide bonds. The number of hydrogen-bond donors (Lipinski definition) is 3. The normalized spacial score (nSPS) is 9.75. The molecule has 0 aliphatic heterocycles. The molecule has 0 aromatic heterocycles. The summed E-state index contributed by atoms with van der Waals surface area (Å²) < 4.78 is 0. The number of aliphatic carboxylic acids is 2. The minimum Gasteiger partial charge on any atom is -0.481 e. The van der Waals surface area contributed by atoms with Crippen molar-refractivity contribution in [3.05, 3.63) is 11.6 Å². The number of hydrogen-bond acceptors (Lipinski definition) is 3. The molecule has 0 rings (SSSR count). The minimum absolute atomic E-state index is 0.0833. The number of carboxylic acids is 2. The van der Waals surface area contributed by atoms with Gasteiger partial charge < -0.3 is 10.2 Å². The summed E-state index contributed by atoms with van der Waals surface area (Å²) in [6.45, 7) is 3.26. The van der Waals surface area contributed by atoms with Crippen LogP contribution < -0.4 is 0 Å². The Hall–Kier alpha value is -0.970. The molecule has 0 saturated carbocycles. The van der Waals surface area contributed by atoms with Crippen LogP contribution in [-0.2, 0) is 9.59 Å². The molecule has 0 saturated heterocycles. The molecule has 0 radical (unpaired) electrons. The second-order valence-electron chi connectivity index (χ2n) is 1.83. The Bertz CT molecular complexity index is 186. The van der Waals surface area contributed by atoms with Crippen molar-refractivity contribution >= 4 is 24.6 Å². The van der Waals surface area contributed by atoms with E-state index in [-0.39, 0.29) is 5.75 Å². The zero-order valence-corrected chi connectivity index (χ0v) is 7.84. The fourth-order valence-electron chi connectivity index (χ4n) is 0.123. The Morgan fingerprint density at radius 2 is 1.75 bits per heavy atom. The van der Waals surface area contributed by atoms with E-state index in [1.54, 1.807) is 19.9 Å². The fourth-order valence-corrected chi connectivity index (χ4v) is 0.123. The smallest absolute Gasteiger partial charge is 0.330 e. The molecule has 0 atom stereocenters. The minimum atomic E-state index is -0.881. The molecule has 4 nitrogen and oxygen atoms in total. The number of carboxylic acid groups (broad SMARTS) is 2. The van der Waals surface area contributed by atoms with Crippen LogP contribution in [0, 0.1) is 0 Å². The maximum absolute atomic E-state index is 9.86. The molecule has 2 N–H and O–H groups in total. The quantitative estimate of drug-likeness (QED) is 0.451. The highest BCUT2D eigenvalue weighted by atomic mass is 32.1. The molecule has 0 spiro atoms. The predicted octanol–water partition coefficient (Wildman–Crippen LogP) is 1.04. The Labute approximate surface area is 76.3 Å². The standard InChI is InChI=1S/C5H8O2.C2H4O2S/c1-3-4(2)5(6)7;3-2(4)1-5/h3H,1-2H3,(H,6,7);5H,1H2,(H,3,4). The van der Waals surface area contributed by atoms with E-state index in [4.69, 9.17) is 10.2 Å². The first kappa shape index (κ1) is 13.6. The van der Waals surface area contributed by atoms with Crippen molar-refractivity contribution in [1.82, 2.24) is 0 Å². The molecule has 0 heterocycles. The van der Waals surface area contributed by atoms with Gasteiger partial charge in [-0.3, -0.25) is 4.79 Å². The second kappa shape index (κ2) is 8.13. The Morgan fingerprint density at radius 1 is 1.42 bits per heavy atom. The lowest BCUT2D eigenvalue weighted by molar-refractivity contribution is -0.134. The van der Waals surface area contributed by atoms with Crippen molar-refractivity contribution < 1.29 is 19.8 Å². The molecule has 0 aliphatic rings. The van der Waals surface area contributed by atoms with Crippen molar-refractivity contribution in [2.24, 2.45) is 0 Å². The summed E-state index contributed by atoms with van der Waals surface area (Å²) in [6, 6.07) is 0. The fraction of sp³-hybridized carbons (Fsp3) is 0.429. The topological polar surface area (TPSA) is 74.6 Å². The van der Waals surface area contributed by atoms with Crippen LogP contribution in [0.1, 0.15) is 13.8 Å². The molecule has 0 aliphatic carbocycles. The van der Waals surface area contributed by atoms with E-state index in [0.717, 1.165) is 0 Å². The van der Waals surface area contributed by atoms with Crippen molar-refractivity contribution in [2.45, 2.75) is 13.8 Å². The van der Waals surface area contributed by atoms with E-state index in [2.05, 4.69) is 12.6 Å². The van der Waals surface area contributed by atoms with E-state index in [9.17, 15) is 9.59 Å². The summed E-state index contributed by atoms with van der Waals surface area (Å²) in [7, 11) is 0. The maximum Gasteiger partial charge on any atom is 0.330 e. The second-order valence-corrected chi connectivity index (χ2v) is 2.14. The first-order chi connectivity index (χ1) is 5.45. The first-order valence-corrected chi connectivity index (χ1v) is 3.77. The van der Waals surface area contributed by atoms with Gasteiger partial charge in [0, 0.05) is 5.57 Å². The van der Waals surface area contributed by atoms with Gasteiger partial charge in [0.15, 0.2) is 0 Å². The zero-order valence-electron chi connectivity index (χ0n) is 6.94. The van der Waals surface area contributed by atoms with Crippen molar-refractivity contribution in [2.75, 3.05) is 5.75 Å². The molecule has 0 aromatic carbocycles. The van der Waals surface area contributed by atoms with Crippen LogP contribution in [0.5, 0.6) is 0 Å². The third kappa shape index (κ3) is 11.8. The Balaban J connectivity index is 0. The molecule has 70 valence electrons. The van der Waals surface area contributed by atoms with Crippen LogP contribution in [0.2, 0.25) is 0 Å². The van der Waals surface area contributed by atoms with Crippen molar-refractivity contribution in [3.8, 4) is 0 Å². The third-order valence-electron chi connectivity index (χ3n) is 0.906. The molecular weight excluding hydrogens is 180 g/mol. The van der Waals surface area contributed by atoms with Gasteiger partial charge in [-0.2, -0.15) is 12.6 Å². The lowest BCUT2D eigenvalue weighted by Crippen LogP contribution is -1.93. The molecule has 0 aromatic rings. The van der Waals surface area contributed by atoms with Gasteiger partial charge in [-0.25, -0.2) is 4.79 Å². The SMILES string of the molecule is CC=C(C)C(=O)O.O=C(O)CS. The van der Waals surface area contributed by atoms with E-state index in [1.807, 2.05) is 0 Å².